The van der Waals surface area contributed by atoms with E-state index in [2.05, 4.69) is 15.0 Å². The minimum atomic E-state index is -4.53. The number of ether oxygens (including phenoxy) is 1. The first-order chi connectivity index (χ1) is 11.5. The predicted molar refractivity (Wildman–Crippen MR) is 77.7 cm³/mol. The molecule has 0 amide bonds. The molecule has 1 N–H and O–H groups in total. The summed E-state index contributed by atoms with van der Waals surface area (Å²) in [7, 11) is 0. The van der Waals surface area contributed by atoms with Crippen LogP contribution in [0.3, 0.4) is 0 Å². The fraction of sp³-hybridized carbons (Fsp3) is 0.267. The van der Waals surface area contributed by atoms with Crippen molar-refractivity contribution in [2.24, 2.45) is 0 Å². The van der Waals surface area contributed by atoms with E-state index in [4.69, 9.17) is 9.84 Å². The molecule has 2 heterocycles. The van der Waals surface area contributed by atoms with Gasteiger partial charge in [0, 0.05) is 19.3 Å². The molecule has 2 aliphatic heterocycles. The lowest BCUT2D eigenvalue weighted by atomic mass is 10.2. The van der Waals surface area contributed by atoms with E-state index in [0.717, 1.165) is 6.07 Å². The Kier molecular flexibility index (Phi) is 4.34. The Morgan fingerprint density at radius 2 is 1.96 bits per heavy atom. The van der Waals surface area contributed by atoms with Crippen LogP contribution < -0.4 is 4.74 Å². The molecular formula is C15H13F3N4O2. The van der Waals surface area contributed by atoms with Gasteiger partial charge in [0.2, 0.25) is 0 Å². The van der Waals surface area contributed by atoms with Crippen LogP contribution in [0.1, 0.15) is 12.0 Å². The van der Waals surface area contributed by atoms with Gasteiger partial charge in [0.1, 0.15) is 11.4 Å². The number of para-hydroxylation sites is 1. The summed E-state index contributed by atoms with van der Waals surface area (Å²) in [4.78, 5) is 12.1. The number of imidazole rings is 1. The average Bonchev–Trinajstić information content (AvgIpc) is 2.93. The summed E-state index contributed by atoms with van der Waals surface area (Å²) in [5.41, 5.74) is -0.500. The maximum atomic E-state index is 13.0. The van der Waals surface area contributed by atoms with E-state index in [0.29, 0.717) is 18.7 Å². The number of aromatic nitrogens is 4. The Hall–Kier alpha value is -2.68. The number of aliphatic hydroxyl groups excluding tert-OH is 1. The highest BCUT2D eigenvalue weighted by Gasteiger charge is 2.34. The molecule has 0 aliphatic carbocycles. The Morgan fingerprint density at radius 1 is 1.17 bits per heavy atom. The SMILES string of the molecule is OCCCn1cnc2nc(Oc3ccccc3C(F)(F)F)nc-2c1. The molecule has 0 aromatic heterocycles. The first-order valence-corrected chi connectivity index (χ1v) is 7.12. The lowest BCUT2D eigenvalue weighted by molar-refractivity contribution is -0.138. The van der Waals surface area contributed by atoms with Crippen molar-refractivity contribution in [3.8, 4) is 23.3 Å². The monoisotopic (exact) mass is 338 g/mol. The molecule has 0 atom stereocenters. The fourth-order valence-corrected chi connectivity index (χ4v) is 2.14. The Bertz CT molecular complexity index is 804. The zero-order chi connectivity index (χ0) is 17.2. The van der Waals surface area contributed by atoms with Crippen LogP contribution in [0, 0.1) is 0 Å². The fourth-order valence-electron chi connectivity index (χ4n) is 2.14. The maximum absolute atomic E-state index is 13.0. The molecule has 0 spiro atoms. The smallest absolute Gasteiger partial charge is 0.419 e. The zero-order valence-electron chi connectivity index (χ0n) is 12.4. The number of halogens is 3. The van der Waals surface area contributed by atoms with Crippen molar-refractivity contribution in [1.82, 2.24) is 19.5 Å². The van der Waals surface area contributed by atoms with E-state index >= 15 is 0 Å². The molecule has 0 fully saturated rings. The molecule has 126 valence electrons. The lowest BCUT2D eigenvalue weighted by Crippen LogP contribution is -2.06. The topological polar surface area (TPSA) is 73.1 Å². The number of rotatable bonds is 5. The Labute approximate surface area is 134 Å². The van der Waals surface area contributed by atoms with E-state index in [-0.39, 0.29) is 24.2 Å². The summed E-state index contributed by atoms with van der Waals surface area (Å²) >= 11 is 0. The molecule has 0 bridgehead atoms. The summed E-state index contributed by atoms with van der Waals surface area (Å²) in [5.74, 6) is -0.0943. The van der Waals surface area contributed by atoms with E-state index < -0.39 is 11.7 Å². The summed E-state index contributed by atoms with van der Waals surface area (Å²) in [6.07, 6.45) is -0.823. The highest BCUT2D eigenvalue weighted by atomic mass is 19.4. The highest BCUT2D eigenvalue weighted by molar-refractivity contribution is 5.51. The molecule has 1 aromatic carbocycles. The molecule has 0 saturated heterocycles. The second-order valence-corrected chi connectivity index (χ2v) is 5.00. The van der Waals surface area contributed by atoms with Crippen molar-refractivity contribution in [2.75, 3.05) is 6.61 Å². The molecule has 0 unspecified atom stereocenters. The van der Waals surface area contributed by atoms with Crippen molar-refractivity contribution in [1.29, 1.82) is 0 Å². The van der Waals surface area contributed by atoms with Gasteiger partial charge in [0.25, 0.3) is 0 Å². The first-order valence-electron chi connectivity index (χ1n) is 7.12. The van der Waals surface area contributed by atoms with Gasteiger partial charge in [0.05, 0.1) is 11.9 Å². The van der Waals surface area contributed by atoms with Gasteiger partial charge in [-0.15, -0.1) is 0 Å². The van der Waals surface area contributed by atoms with E-state index in [1.54, 1.807) is 10.8 Å². The molecule has 0 saturated carbocycles. The van der Waals surface area contributed by atoms with Crippen molar-refractivity contribution < 1.29 is 23.0 Å². The minimum Gasteiger partial charge on any atom is -0.424 e. The minimum absolute atomic E-state index is 0.0420. The van der Waals surface area contributed by atoms with Crippen LogP contribution in [0.25, 0.3) is 11.5 Å². The summed E-state index contributed by atoms with van der Waals surface area (Å²) in [6, 6.07) is 4.66. The van der Waals surface area contributed by atoms with E-state index in [1.807, 2.05) is 0 Å². The number of benzene rings is 1. The lowest BCUT2D eigenvalue weighted by Gasteiger charge is -2.11. The highest BCUT2D eigenvalue weighted by Crippen LogP contribution is 2.37. The second-order valence-electron chi connectivity index (χ2n) is 5.00. The predicted octanol–water partition coefficient (Wildman–Crippen LogP) is 2.97. The van der Waals surface area contributed by atoms with Crippen LogP contribution in [0.5, 0.6) is 11.8 Å². The number of aryl methyl sites for hydroxylation is 1. The van der Waals surface area contributed by atoms with E-state index in [1.165, 1.54) is 24.5 Å². The molecule has 2 aliphatic rings. The molecule has 9 heteroatoms. The number of hydrogen-bond donors (Lipinski definition) is 1. The Balaban J connectivity index is 1.88. The quantitative estimate of drug-likeness (QED) is 0.774. The number of nitrogens with zero attached hydrogens (tertiary/aromatic N) is 4. The van der Waals surface area contributed by atoms with Gasteiger partial charge in [-0.2, -0.15) is 23.1 Å². The van der Waals surface area contributed by atoms with Crippen molar-refractivity contribution in [2.45, 2.75) is 19.1 Å². The van der Waals surface area contributed by atoms with Gasteiger partial charge in [-0.1, -0.05) is 12.1 Å². The number of aliphatic hydroxyl groups is 1. The molecule has 1 aromatic rings. The summed E-state index contributed by atoms with van der Waals surface area (Å²) < 4.78 is 45.8. The van der Waals surface area contributed by atoms with Gasteiger partial charge >= 0.3 is 12.2 Å². The van der Waals surface area contributed by atoms with E-state index in [9.17, 15) is 13.2 Å². The van der Waals surface area contributed by atoms with Gasteiger partial charge in [-0.3, -0.25) is 0 Å². The first kappa shape index (κ1) is 16.2. The summed E-state index contributed by atoms with van der Waals surface area (Å²) in [6.45, 7) is 0.583. The second kappa shape index (κ2) is 6.44. The van der Waals surface area contributed by atoms with Crippen molar-refractivity contribution in [3.63, 3.8) is 0 Å². The molecule has 3 rings (SSSR count). The zero-order valence-corrected chi connectivity index (χ0v) is 12.4. The van der Waals surface area contributed by atoms with Gasteiger partial charge in [0.15, 0.2) is 5.82 Å². The van der Waals surface area contributed by atoms with Gasteiger partial charge in [-0.25, -0.2) is 4.98 Å². The van der Waals surface area contributed by atoms with Crippen molar-refractivity contribution >= 4 is 0 Å². The van der Waals surface area contributed by atoms with Crippen LogP contribution in [-0.2, 0) is 12.7 Å². The third kappa shape index (κ3) is 3.46. The van der Waals surface area contributed by atoms with Crippen LogP contribution in [0.15, 0.2) is 36.8 Å². The number of fused-ring (bicyclic) bond motifs is 1. The largest absolute Gasteiger partial charge is 0.424 e. The standard InChI is InChI=1S/C15H13F3N4O2/c16-15(17,18)10-4-1-2-5-12(10)24-14-20-11-8-22(6-3-7-23)9-19-13(11)21-14/h1-2,4-5,8-9,23H,3,6-7H2. The molecular weight excluding hydrogens is 325 g/mol. The normalized spacial score (nSPS) is 11.8. The number of hydrogen-bond acceptors (Lipinski definition) is 5. The maximum Gasteiger partial charge on any atom is 0.419 e. The molecule has 24 heavy (non-hydrogen) atoms. The third-order valence-electron chi connectivity index (χ3n) is 3.23. The van der Waals surface area contributed by atoms with Gasteiger partial charge < -0.3 is 14.4 Å². The molecule has 0 radical (unpaired) electrons. The van der Waals surface area contributed by atoms with Crippen LogP contribution in [0.4, 0.5) is 13.2 Å². The number of alkyl halides is 3. The van der Waals surface area contributed by atoms with Crippen LogP contribution in [-0.4, -0.2) is 31.2 Å². The average molecular weight is 338 g/mol. The Morgan fingerprint density at radius 3 is 2.71 bits per heavy atom. The van der Waals surface area contributed by atoms with Gasteiger partial charge in [-0.05, 0) is 18.6 Å². The summed E-state index contributed by atoms with van der Waals surface area (Å²) in [5, 5.41) is 8.83. The van der Waals surface area contributed by atoms with Crippen LogP contribution in [0.2, 0.25) is 0 Å². The van der Waals surface area contributed by atoms with Crippen molar-refractivity contribution in [3.05, 3.63) is 42.4 Å². The van der Waals surface area contributed by atoms with Crippen LogP contribution >= 0.6 is 0 Å². The molecule has 6 nitrogen and oxygen atoms in total. The third-order valence-corrected chi connectivity index (χ3v) is 3.23.